The van der Waals surface area contributed by atoms with Crippen LogP contribution in [0.15, 0.2) is 84.4 Å². The topological polar surface area (TPSA) is 75.0 Å². The van der Waals surface area contributed by atoms with E-state index in [1.165, 1.54) is 11.3 Å². The lowest BCUT2D eigenvalue weighted by atomic mass is 10.0. The van der Waals surface area contributed by atoms with Crippen molar-refractivity contribution in [2.24, 2.45) is 0 Å². The highest BCUT2D eigenvalue weighted by Crippen LogP contribution is 2.38. The number of hydrogen-bond donors (Lipinski definition) is 1. The SMILES string of the molecule is Cc1ccc(C(=O)Nc2sc(C(C#N)=CC3=Cc4ccccc4OC3C)nc2-c2ccc(C)cc2)cc1. The van der Waals surface area contributed by atoms with Crippen molar-refractivity contribution in [1.82, 2.24) is 4.98 Å². The quantitative estimate of drug-likeness (QED) is 0.287. The van der Waals surface area contributed by atoms with Gasteiger partial charge in [0.1, 0.15) is 33.6 Å². The van der Waals surface area contributed by atoms with Crippen LogP contribution in [-0.2, 0) is 0 Å². The highest BCUT2D eigenvalue weighted by molar-refractivity contribution is 7.17. The van der Waals surface area contributed by atoms with Gasteiger partial charge in [-0.1, -0.05) is 77.1 Å². The monoisotopic (exact) mass is 503 g/mol. The van der Waals surface area contributed by atoms with Gasteiger partial charge in [-0.2, -0.15) is 5.26 Å². The zero-order chi connectivity index (χ0) is 25.9. The van der Waals surface area contributed by atoms with Gasteiger partial charge in [0.2, 0.25) is 0 Å². The number of nitrogens with one attached hydrogen (secondary N) is 1. The molecule has 1 atom stereocenters. The number of hydrogen-bond acceptors (Lipinski definition) is 5. The molecule has 0 saturated heterocycles. The van der Waals surface area contributed by atoms with E-state index in [9.17, 15) is 10.1 Å². The number of benzene rings is 3. The molecule has 1 amide bonds. The molecule has 0 fully saturated rings. The Morgan fingerprint density at radius 2 is 1.70 bits per heavy atom. The minimum absolute atomic E-state index is 0.213. The fourth-order valence-corrected chi connectivity index (χ4v) is 4.99. The smallest absolute Gasteiger partial charge is 0.256 e. The summed E-state index contributed by atoms with van der Waals surface area (Å²) in [6.45, 7) is 5.96. The van der Waals surface area contributed by atoms with Crippen molar-refractivity contribution in [1.29, 1.82) is 5.26 Å². The van der Waals surface area contributed by atoms with Crippen molar-refractivity contribution in [2.75, 3.05) is 5.32 Å². The van der Waals surface area contributed by atoms with Crippen molar-refractivity contribution < 1.29 is 9.53 Å². The van der Waals surface area contributed by atoms with Crippen LogP contribution < -0.4 is 10.1 Å². The van der Waals surface area contributed by atoms with Gasteiger partial charge in [0.15, 0.2) is 0 Å². The van der Waals surface area contributed by atoms with Crippen molar-refractivity contribution in [2.45, 2.75) is 26.9 Å². The maximum atomic E-state index is 13.1. The Labute approximate surface area is 220 Å². The van der Waals surface area contributed by atoms with E-state index >= 15 is 0 Å². The number of thiazole rings is 1. The summed E-state index contributed by atoms with van der Waals surface area (Å²) >= 11 is 1.29. The van der Waals surface area contributed by atoms with Gasteiger partial charge in [0.05, 0.1) is 5.57 Å². The van der Waals surface area contributed by atoms with Gasteiger partial charge in [-0.3, -0.25) is 4.79 Å². The van der Waals surface area contributed by atoms with Crippen LogP contribution in [0, 0.1) is 25.2 Å². The van der Waals surface area contributed by atoms with Crippen molar-refractivity contribution >= 4 is 33.9 Å². The van der Waals surface area contributed by atoms with E-state index in [1.807, 2.05) is 93.6 Å². The van der Waals surface area contributed by atoms with E-state index < -0.39 is 0 Å². The van der Waals surface area contributed by atoms with Crippen LogP contribution in [0.4, 0.5) is 5.00 Å². The fourth-order valence-electron chi connectivity index (χ4n) is 4.04. The van der Waals surface area contributed by atoms with Gasteiger partial charge in [-0.15, -0.1) is 0 Å². The summed E-state index contributed by atoms with van der Waals surface area (Å²) in [5, 5.41) is 14.2. The predicted molar refractivity (Wildman–Crippen MR) is 150 cm³/mol. The molecule has 2 heterocycles. The molecule has 5 rings (SSSR count). The minimum Gasteiger partial charge on any atom is -0.485 e. The summed E-state index contributed by atoms with van der Waals surface area (Å²) in [6.07, 6.45) is 3.65. The van der Waals surface area contributed by atoms with E-state index in [4.69, 9.17) is 9.72 Å². The molecule has 1 aliphatic heterocycles. The molecule has 1 N–H and O–H groups in total. The Balaban J connectivity index is 1.55. The summed E-state index contributed by atoms with van der Waals surface area (Å²) in [5.41, 5.74) is 6.53. The van der Waals surface area contributed by atoms with Gasteiger partial charge in [-0.25, -0.2) is 4.98 Å². The number of anilines is 1. The third kappa shape index (κ3) is 5.23. The van der Waals surface area contributed by atoms with E-state index in [2.05, 4.69) is 11.4 Å². The summed E-state index contributed by atoms with van der Waals surface area (Å²) in [6, 6.07) is 25.5. The normalized spacial score (nSPS) is 14.7. The van der Waals surface area contributed by atoms with Crippen molar-refractivity contribution in [3.8, 4) is 23.1 Å². The van der Waals surface area contributed by atoms with Crippen LogP contribution in [0.3, 0.4) is 0 Å². The number of fused-ring (bicyclic) bond motifs is 1. The summed E-state index contributed by atoms with van der Waals surface area (Å²) < 4.78 is 6.05. The molecule has 1 unspecified atom stereocenters. The molecule has 0 saturated carbocycles. The highest BCUT2D eigenvalue weighted by Gasteiger charge is 2.21. The largest absolute Gasteiger partial charge is 0.485 e. The summed E-state index contributed by atoms with van der Waals surface area (Å²) in [7, 11) is 0. The zero-order valence-electron chi connectivity index (χ0n) is 20.8. The molecule has 1 aliphatic rings. The molecular formula is C31H25N3O2S. The molecule has 0 radical (unpaired) electrons. The molecule has 5 nitrogen and oxygen atoms in total. The maximum absolute atomic E-state index is 13.1. The Bertz CT molecular complexity index is 1570. The van der Waals surface area contributed by atoms with Gasteiger partial charge < -0.3 is 10.1 Å². The molecule has 0 spiro atoms. The molecule has 6 heteroatoms. The first-order valence-corrected chi connectivity index (χ1v) is 12.8. The Morgan fingerprint density at radius 3 is 2.41 bits per heavy atom. The number of aromatic nitrogens is 1. The molecule has 0 aliphatic carbocycles. The molecule has 37 heavy (non-hydrogen) atoms. The zero-order valence-corrected chi connectivity index (χ0v) is 21.6. The fraction of sp³-hybridized carbons (Fsp3) is 0.129. The molecule has 3 aromatic carbocycles. The Morgan fingerprint density at radius 1 is 1.03 bits per heavy atom. The molecule has 0 bridgehead atoms. The second kappa shape index (κ2) is 10.3. The Hall–Kier alpha value is -4.47. The average Bonchev–Trinajstić information content (AvgIpc) is 3.31. The number of rotatable bonds is 5. The van der Waals surface area contributed by atoms with Crippen LogP contribution in [-0.4, -0.2) is 17.0 Å². The number of para-hydroxylation sites is 1. The minimum atomic E-state index is -0.223. The lowest BCUT2D eigenvalue weighted by Crippen LogP contribution is -2.17. The van der Waals surface area contributed by atoms with Crippen molar-refractivity contribution in [3.05, 3.63) is 112 Å². The first-order valence-electron chi connectivity index (χ1n) is 12.0. The number of carbonyl (C=O) groups is 1. The summed E-state index contributed by atoms with van der Waals surface area (Å²) in [5.74, 6) is 0.599. The van der Waals surface area contributed by atoms with Crippen LogP contribution >= 0.6 is 11.3 Å². The van der Waals surface area contributed by atoms with Crippen LogP contribution in [0.1, 0.15) is 39.0 Å². The van der Waals surface area contributed by atoms with Crippen molar-refractivity contribution in [3.63, 3.8) is 0 Å². The number of ether oxygens (including phenoxy) is 1. The number of nitriles is 1. The number of aryl methyl sites for hydroxylation is 2. The predicted octanol–water partition coefficient (Wildman–Crippen LogP) is 7.45. The molecular weight excluding hydrogens is 478 g/mol. The molecule has 1 aromatic heterocycles. The lowest BCUT2D eigenvalue weighted by Gasteiger charge is -2.22. The van der Waals surface area contributed by atoms with Gasteiger partial charge in [0, 0.05) is 16.7 Å². The van der Waals surface area contributed by atoms with Crippen LogP contribution in [0.2, 0.25) is 0 Å². The molecule has 182 valence electrons. The van der Waals surface area contributed by atoms with E-state index in [0.717, 1.165) is 33.6 Å². The first kappa shape index (κ1) is 24.2. The maximum Gasteiger partial charge on any atom is 0.256 e. The first-order chi connectivity index (χ1) is 17.9. The lowest BCUT2D eigenvalue weighted by molar-refractivity contribution is 0.102. The van der Waals surface area contributed by atoms with E-state index in [0.29, 0.717) is 26.8 Å². The van der Waals surface area contributed by atoms with E-state index in [1.54, 1.807) is 12.1 Å². The highest BCUT2D eigenvalue weighted by atomic mass is 32.1. The van der Waals surface area contributed by atoms with Gasteiger partial charge in [-0.05, 0) is 56.7 Å². The second-order valence-corrected chi connectivity index (χ2v) is 9.99. The van der Waals surface area contributed by atoms with Crippen LogP contribution in [0.25, 0.3) is 22.9 Å². The van der Waals surface area contributed by atoms with Gasteiger partial charge >= 0.3 is 0 Å². The number of carbonyl (C=O) groups excluding carboxylic acids is 1. The number of amides is 1. The third-order valence-electron chi connectivity index (χ3n) is 6.17. The number of nitrogens with zero attached hydrogens (tertiary/aromatic N) is 2. The molecule has 4 aromatic rings. The van der Waals surface area contributed by atoms with Gasteiger partial charge in [0.25, 0.3) is 5.91 Å². The number of allylic oxidation sites excluding steroid dienone is 1. The Kier molecular flexibility index (Phi) is 6.72. The third-order valence-corrected chi connectivity index (χ3v) is 7.17. The standard InChI is InChI=1S/C31H25N3O2S/c1-19-8-12-22(13-9-19)28-31(34-29(35)23-14-10-20(2)11-15-23)37-30(33-28)26(18-32)17-25-16-24-6-4-5-7-27(24)36-21(25)3/h4-17,21H,1-3H3,(H,34,35). The van der Waals surface area contributed by atoms with Crippen LogP contribution in [0.5, 0.6) is 5.75 Å². The second-order valence-electron chi connectivity index (χ2n) is 8.99. The van der Waals surface area contributed by atoms with E-state index in [-0.39, 0.29) is 12.0 Å². The average molecular weight is 504 g/mol. The summed E-state index contributed by atoms with van der Waals surface area (Å²) in [4.78, 5) is 17.9.